The van der Waals surface area contributed by atoms with Crippen molar-refractivity contribution in [2.45, 2.75) is 13.5 Å². The number of anilines is 1. The smallest absolute Gasteiger partial charge is 0.335 e. The number of halogens is 2. The van der Waals surface area contributed by atoms with Gasteiger partial charge in [-0.05, 0) is 70.9 Å². The van der Waals surface area contributed by atoms with E-state index in [1.807, 2.05) is 6.07 Å². The number of aromatic carboxylic acids is 1. The zero-order chi connectivity index (χ0) is 25.4. The monoisotopic (exact) mass is 538 g/mol. The molecule has 0 unspecified atom stereocenters. The van der Waals surface area contributed by atoms with Gasteiger partial charge in [0.05, 0.1) is 16.6 Å². The maximum absolute atomic E-state index is 14.0. The Morgan fingerprint density at radius 1 is 1.14 bits per heavy atom. The molecule has 0 spiro atoms. The minimum absolute atomic E-state index is 0.00143. The Morgan fingerprint density at radius 3 is 2.60 bits per heavy atom. The summed E-state index contributed by atoms with van der Waals surface area (Å²) in [6, 6.07) is 17.0. The van der Waals surface area contributed by atoms with Crippen molar-refractivity contribution < 1.29 is 28.6 Å². The minimum atomic E-state index is -1.14. The summed E-state index contributed by atoms with van der Waals surface area (Å²) in [5, 5.41) is 21.2. The van der Waals surface area contributed by atoms with E-state index in [1.54, 1.807) is 37.3 Å². The molecule has 0 fully saturated rings. The van der Waals surface area contributed by atoms with E-state index in [0.717, 1.165) is 0 Å². The molecule has 0 saturated carbocycles. The summed E-state index contributed by atoms with van der Waals surface area (Å²) in [6.07, 6.45) is 1.37. The summed E-state index contributed by atoms with van der Waals surface area (Å²) in [5.74, 6) is -1.54. The fraction of sp³-hybridized carbons (Fsp3) is 0.115. The highest BCUT2D eigenvalue weighted by molar-refractivity contribution is 9.10. The Balaban J connectivity index is 1.85. The molecule has 0 radical (unpaired) electrons. The van der Waals surface area contributed by atoms with Crippen molar-refractivity contribution in [3.05, 3.63) is 93.2 Å². The van der Waals surface area contributed by atoms with E-state index in [0.29, 0.717) is 33.7 Å². The van der Waals surface area contributed by atoms with Crippen LogP contribution in [0.3, 0.4) is 0 Å². The first kappa shape index (κ1) is 25.5. The van der Waals surface area contributed by atoms with Gasteiger partial charge in [-0.15, -0.1) is 0 Å². The molecule has 178 valence electrons. The van der Waals surface area contributed by atoms with Crippen molar-refractivity contribution >= 4 is 39.6 Å². The van der Waals surface area contributed by atoms with Gasteiger partial charge < -0.3 is 19.9 Å². The van der Waals surface area contributed by atoms with Crippen LogP contribution < -0.4 is 14.8 Å². The van der Waals surface area contributed by atoms with Crippen LogP contribution in [-0.4, -0.2) is 23.6 Å². The van der Waals surface area contributed by atoms with E-state index in [1.165, 1.54) is 36.4 Å². The lowest BCUT2D eigenvalue weighted by atomic mass is 10.1. The van der Waals surface area contributed by atoms with Crippen LogP contribution in [0.25, 0.3) is 6.08 Å². The van der Waals surface area contributed by atoms with Gasteiger partial charge in [0.2, 0.25) is 0 Å². The average Bonchev–Trinajstić information content (AvgIpc) is 2.83. The first-order valence-corrected chi connectivity index (χ1v) is 11.2. The van der Waals surface area contributed by atoms with Crippen molar-refractivity contribution in [3.63, 3.8) is 0 Å². The van der Waals surface area contributed by atoms with Crippen LogP contribution >= 0.6 is 15.9 Å². The molecule has 9 heteroatoms. The van der Waals surface area contributed by atoms with Crippen LogP contribution in [0, 0.1) is 17.1 Å². The summed E-state index contributed by atoms with van der Waals surface area (Å²) >= 11 is 3.42. The topological polar surface area (TPSA) is 109 Å². The van der Waals surface area contributed by atoms with E-state index in [-0.39, 0.29) is 29.2 Å². The molecule has 0 aliphatic carbocycles. The number of carboxylic acid groups (broad SMARTS) is 1. The first-order chi connectivity index (χ1) is 16.8. The SMILES string of the molecule is CCOc1cc(/C=C(\C#N)C(=O)Nc2cccc(C(=O)O)c2)cc(Br)c1OCc1ccccc1F. The van der Waals surface area contributed by atoms with Crippen LogP contribution in [0.5, 0.6) is 11.5 Å². The molecule has 0 aliphatic heterocycles. The van der Waals surface area contributed by atoms with E-state index < -0.39 is 11.9 Å². The molecule has 0 atom stereocenters. The summed E-state index contributed by atoms with van der Waals surface area (Å²) < 4.78 is 25.9. The van der Waals surface area contributed by atoms with Crippen molar-refractivity contribution in [2.75, 3.05) is 11.9 Å². The lowest BCUT2D eigenvalue weighted by Gasteiger charge is -2.15. The highest BCUT2D eigenvalue weighted by Gasteiger charge is 2.16. The number of ether oxygens (including phenoxy) is 2. The number of rotatable bonds is 9. The quantitative estimate of drug-likeness (QED) is 0.263. The van der Waals surface area contributed by atoms with Gasteiger partial charge in [0.1, 0.15) is 24.1 Å². The number of carboxylic acids is 1. The zero-order valence-corrected chi connectivity index (χ0v) is 20.1. The average molecular weight is 539 g/mol. The van der Waals surface area contributed by atoms with E-state index >= 15 is 0 Å². The molecule has 3 aromatic carbocycles. The fourth-order valence-corrected chi connectivity index (χ4v) is 3.66. The Labute approximate surface area is 209 Å². The number of nitrogens with zero attached hydrogens (tertiary/aromatic N) is 1. The Bertz CT molecular complexity index is 1330. The fourth-order valence-electron chi connectivity index (χ4n) is 3.08. The number of benzene rings is 3. The standard InChI is InChI=1S/C26H20BrFN2O5/c1-2-34-23-12-16(11-21(27)24(23)35-15-18-6-3-4-9-22(18)28)10-19(14-29)25(31)30-20-8-5-7-17(13-20)26(32)33/h3-13H,2,15H2,1H3,(H,30,31)(H,32,33)/b19-10+. The predicted octanol–water partition coefficient (Wildman–Crippen LogP) is 5.81. The number of carbonyl (C=O) groups is 2. The second-order valence-corrected chi connectivity index (χ2v) is 8.01. The molecular formula is C26H20BrFN2O5. The van der Waals surface area contributed by atoms with Crippen molar-refractivity contribution in [1.82, 2.24) is 0 Å². The minimum Gasteiger partial charge on any atom is -0.490 e. The van der Waals surface area contributed by atoms with Crippen molar-refractivity contribution in [1.29, 1.82) is 5.26 Å². The van der Waals surface area contributed by atoms with E-state index in [4.69, 9.17) is 14.6 Å². The lowest BCUT2D eigenvalue weighted by Crippen LogP contribution is -2.14. The molecule has 0 heterocycles. The molecule has 0 bridgehead atoms. The van der Waals surface area contributed by atoms with Crippen molar-refractivity contribution in [2.24, 2.45) is 0 Å². The number of hydrogen-bond acceptors (Lipinski definition) is 5. The van der Waals surface area contributed by atoms with Crippen LogP contribution in [0.1, 0.15) is 28.4 Å². The Morgan fingerprint density at radius 2 is 1.91 bits per heavy atom. The van der Waals surface area contributed by atoms with Crippen LogP contribution in [-0.2, 0) is 11.4 Å². The third-order valence-electron chi connectivity index (χ3n) is 4.71. The summed E-state index contributed by atoms with van der Waals surface area (Å²) in [4.78, 5) is 23.8. The Kier molecular flexibility index (Phi) is 8.59. The molecule has 3 aromatic rings. The highest BCUT2D eigenvalue weighted by Crippen LogP contribution is 2.38. The third-order valence-corrected chi connectivity index (χ3v) is 5.29. The number of carbonyl (C=O) groups excluding carboxylic acids is 1. The summed E-state index contributed by atoms with van der Waals surface area (Å²) in [7, 11) is 0. The van der Waals surface area contributed by atoms with Gasteiger partial charge in [0.15, 0.2) is 11.5 Å². The molecule has 7 nitrogen and oxygen atoms in total. The number of nitriles is 1. The number of amides is 1. The summed E-state index contributed by atoms with van der Waals surface area (Å²) in [5.41, 5.74) is 0.886. The van der Waals surface area contributed by atoms with Crippen LogP contribution in [0.4, 0.5) is 10.1 Å². The normalized spacial score (nSPS) is 10.9. The maximum Gasteiger partial charge on any atom is 0.335 e. The first-order valence-electron chi connectivity index (χ1n) is 10.4. The van der Waals surface area contributed by atoms with Gasteiger partial charge in [0, 0.05) is 11.3 Å². The molecule has 0 aliphatic rings. The molecule has 0 aromatic heterocycles. The molecule has 35 heavy (non-hydrogen) atoms. The van der Waals surface area contributed by atoms with Crippen molar-refractivity contribution in [3.8, 4) is 17.6 Å². The lowest BCUT2D eigenvalue weighted by molar-refractivity contribution is -0.112. The van der Waals surface area contributed by atoms with E-state index in [9.17, 15) is 19.2 Å². The largest absolute Gasteiger partial charge is 0.490 e. The highest BCUT2D eigenvalue weighted by atomic mass is 79.9. The van der Waals surface area contributed by atoms with Gasteiger partial charge >= 0.3 is 5.97 Å². The van der Waals surface area contributed by atoms with Gasteiger partial charge in [0.25, 0.3) is 5.91 Å². The Hall–Kier alpha value is -4.16. The maximum atomic E-state index is 14.0. The molecular weight excluding hydrogens is 519 g/mol. The zero-order valence-electron chi connectivity index (χ0n) is 18.5. The van der Waals surface area contributed by atoms with Gasteiger partial charge in [-0.3, -0.25) is 4.79 Å². The molecule has 1 amide bonds. The third kappa shape index (κ3) is 6.68. The van der Waals surface area contributed by atoms with Gasteiger partial charge in [-0.25, -0.2) is 9.18 Å². The van der Waals surface area contributed by atoms with Crippen LogP contribution in [0.15, 0.2) is 70.7 Å². The van der Waals surface area contributed by atoms with E-state index in [2.05, 4.69) is 21.2 Å². The molecule has 0 saturated heterocycles. The molecule has 3 rings (SSSR count). The van der Waals surface area contributed by atoms with Crippen LogP contribution in [0.2, 0.25) is 0 Å². The second kappa shape index (κ2) is 11.8. The number of hydrogen-bond donors (Lipinski definition) is 2. The second-order valence-electron chi connectivity index (χ2n) is 7.15. The van der Waals surface area contributed by atoms with Gasteiger partial charge in [-0.1, -0.05) is 24.3 Å². The summed E-state index contributed by atoms with van der Waals surface area (Å²) in [6.45, 7) is 2.08. The predicted molar refractivity (Wildman–Crippen MR) is 132 cm³/mol. The number of nitrogens with one attached hydrogen (secondary N) is 1. The van der Waals surface area contributed by atoms with Gasteiger partial charge in [-0.2, -0.15) is 5.26 Å². The molecule has 2 N–H and O–H groups in total.